The first-order valence-electron chi connectivity index (χ1n) is 6.81. The van der Waals surface area contributed by atoms with Crippen LogP contribution < -0.4 is 10.5 Å². The van der Waals surface area contributed by atoms with Crippen molar-refractivity contribution >= 4 is 0 Å². The van der Waals surface area contributed by atoms with Crippen molar-refractivity contribution in [3.63, 3.8) is 0 Å². The summed E-state index contributed by atoms with van der Waals surface area (Å²) in [6.07, 6.45) is 3.03. The molecular weight excluding hydrogens is 222 g/mol. The van der Waals surface area contributed by atoms with Crippen molar-refractivity contribution in [1.29, 1.82) is 0 Å². The molecule has 2 heteroatoms. The molecule has 1 aromatic carbocycles. The highest BCUT2D eigenvalue weighted by Crippen LogP contribution is 2.28. The third-order valence-corrected chi connectivity index (χ3v) is 3.46. The van der Waals surface area contributed by atoms with Crippen LogP contribution in [0.25, 0.3) is 0 Å². The zero-order valence-corrected chi connectivity index (χ0v) is 12.4. The minimum absolute atomic E-state index is 0.174. The van der Waals surface area contributed by atoms with E-state index in [-0.39, 0.29) is 11.5 Å². The third-order valence-electron chi connectivity index (χ3n) is 3.46. The second-order valence-corrected chi connectivity index (χ2v) is 5.98. The Morgan fingerprint density at radius 1 is 1.28 bits per heavy atom. The Balaban J connectivity index is 2.92. The van der Waals surface area contributed by atoms with Crippen LogP contribution in [-0.2, 0) is 11.8 Å². The second kappa shape index (κ2) is 6.24. The van der Waals surface area contributed by atoms with Crippen LogP contribution in [0.4, 0.5) is 0 Å². The predicted octanol–water partition coefficient (Wildman–Crippen LogP) is 3.66. The van der Waals surface area contributed by atoms with Gasteiger partial charge in [0.05, 0.1) is 7.11 Å². The third kappa shape index (κ3) is 4.02. The number of rotatable bonds is 5. The van der Waals surface area contributed by atoms with Crippen molar-refractivity contribution in [2.45, 2.75) is 58.4 Å². The lowest BCUT2D eigenvalue weighted by Gasteiger charge is -2.21. The molecular formula is C16H27NO. The molecule has 0 radical (unpaired) electrons. The molecule has 0 bridgehead atoms. The van der Waals surface area contributed by atoms with Gasteiger partial charge >= 0.3 is 0 Å². The molecule has 0 amide bonds. The van der Waals surface area contributed by atoms with Crippen LogP contribution in [0, 0.1) is 0 Å². The molecule has 1 unspecified atom stereocenters. The number of methoxy groups -OCH3 is 1. The molecule has 1 atom stereocenters. The Labute approximate surface area is 112 Å². The number of benzene rings is 1. The van der Waals surface area contributed by atoms with E-state index in [0.717, 1.165) is 25.0 Å². The fraction of sp³-hybridized carbons (Fsp3) is 0.625. The topological polar surface area (TPSA) is 35.2 Å². The zero-order chi connectivity index (χ0) is 13.8. The fourth-order valence-corrected chi connectivity index (χ4v) is 1.99. The molecule has 0 aliphatic heterocycles. The number of hydrogen-bond donors (Lipinski definition) is 1. The van der Waals surface area contributed by atoms with E-state index in [0.29, 0.717) is 0 Å². The number of nitrogens with two attached hydrogens (primary N) is 1. The maximum atomic E-state index is 6.00. The quantitative estimate of drug-likeness (QED) is 0.864. The normalized spacial score (nSPS) is 13.4. The summed E-state index contributed by atoms with van der Waals surface area (Å²) in [5.41, 5.74) is 8.79. The standard InChI is InChI=1S/C16H27NO/c1-6-14(17)9-7-12-11-13(16(2,3)4)8-10-15(12)18-5/h8,10-11,14H,6-7,9,17H2,1-5H3. The summed E-state index contributed by atoms with van der Waals surface area (Å²) in [6.45, 7) is 8.83. The summed E-state index contributed by atoms with van der Waals surface area (Å²) >= 11 is 0. The van der Waals surface area contributed by atoms with E-state index in [9.17, 15) is 0 Å². The van der Waals surface area contributed by atoms with Crippen LogP contribution in [0.3, 0.4) is 0 Å². The summed E-state index contributed by atoms with van der Waals surface area (Å²) in [4.78, 5) is 0. The molecule has 2 nitrogen and oxygen atoms in total. The molecule has 1 aromatic rings. The van der Waals surface area contributed by atoms with Crippen molar-refractivity contribution in [3.05, 3.63) is 29.3 Å². The van der Waals surface area contributed by atoms with Crippen LogP contribution in [-0.4, -0.2) is 13.2 Å². The molecule has 0 saturated carbocycles. The first kappa shape index (κ1) is 15.0. The molecule has 2 N–H and O–H groups in total. The smallest absolute Gasteiger partial charge is 0.122 e. The predicted molar refractivity (Wildman–Crippen MR) is 78.3 cm³/mol. The van der Waals surface area contributed by atoms with Crippen LogP contribution in [0.1, 0.15) is 51.7 Å². The second-order valence-electron chi connectivity index (χ2n) is 5.98. The van der Waals surface area contributed by atoms with Gasteiger partial charge in [0.2, 0.25) is 0 Å². The maximum absolute atomic E-state index is 6.00. The lowest BCUT2D eigenvalue weighted by Crippen LogP contribution is -2.19. The van der Waals surface area contributed by atoms with Crippen LogP contribution >= 0.6 is 0 Å². The lowest BCUT2D eigenvalue weighted by molar-refractivity contribution is 0.407. The molecule has 0 fully saturated rings. The minimum atomic E-state index is 0.174. The number of ether oxygens (including phenoxy) is 1. The van der Waals surface area contributed by atoms with Crippen molar-refractivity contribution in [2.24, 2.45) is 5.73 Å². The average Bonchev–Trinajstić information content (AvgIpc) is 2.34. The summed E-state index contributed by atoms with van der Waals surface area (Å²) < 4.78 is 5.44. The average molecular weight is 249 g/mol. The highest BCUT2D eigenvalue weighted by atomic mass is 16.5. The summed E-state index contributed by atoms with van der Waals surface area (Å²) in [5, 5.41) is 0. The molecule has 0 saturated heterocycles. The Morgan fingerprint density at radius 2 is 1.94 bits per heavy atom. The van der Waals surface area contributed by atoms with Gasteiger partial charge in [0, 0.05) is 6.04 Å². The van der Waals surface area contributed by atoms with Crippen molar-refractivity contribution in [1.82, 2.24) is 0 Å². The number of hydrogen-bond acceptors (Lipinski definition) is 2. The molecule has 102 valence electrons. The van der Waals surface area contributed by atoms with Crippen LogP contribution in [0.5, 0.6) is 5.75 Å². The molecule has 0 aliphatic rings. The Kier molecular flexibility index (Phi) is 5.21. The molecule has 0 spiro atoms. The van der Waals surface area contributed by atoms with Crippen LogP contribution in [0.15, 0.2) is 18.2 Å². The first-order valence-corrected chi connectivity index (χ1v) is 6.81. The Bertz CT molecular complexity index is 379. The first-order chi connectivity index (χ1) is 8.38. The van der Waals surface area contributed by atoms with Gasteiger partial charge in [0.15, 0.2) is 0 Å². The van der Waals surface area contributed by atoms with Gasteiger partial charge in [-0.3, -0.25) is 0 Å². The molecule has 1 rings (SSSR count). The van der Waals surface area contributed by atoms with E-state index in [2.05, 4.69) is 45.9 Å². The summed E-state index contributed by atoms with van der Waals surface area (Å²) in [7, 11) is 1.73. The summed E-state index contributed by atoms with van der Waals surface area (Å²) in [5.74, 6) is 0.978. The monoisotopic (exact) mass is 249 g/mol. The van der Waals surface area contributed by atoms with Crippen molar-refractivity contribution in [2.75, 3.05) is 7.11 Å². The Morgan fingerprint density at radius 3 is 2.44 bits per heavy atom. The minimum Gasteiger partial charge on any atom is -0.496 e. The molecule has 0 aliphatic carbocycles. The molecule has 0 heterocycles. The van der Waals surface area contributed by atoms with E-state index >= 15 is 0 Å². The summed E-state index contributed by atoms with van der Waals surface area (Å²) in [6, 6.07) is 6.78. The van der Waals surface area contributed by atoms with Gasteiger partial charge in [-0.25, -0.2) is 0 Å². The highest BCUT2D eigenvalue weighted by molar-refractivity contribution is 5.39. The maximum Gasteiger partial charge on any atom is 0.122 e. The fourth-order valence-electron chi connectivity index (χ4n) is 1.99. The van der Waals surface area contributed by atoms with Gasteiger partial charge in [-0.15, -0.1) is 0 Å². The lowest BCUT2D eigenvalue weighted by atomic mass is 9.85. The largest absolute Gasteiger partial charge is 0.496 e. The highest BCUT2D eigenvalue weighted by Gasteiger charge is 2.16. The van der Waals surface area contributed by atoms with Gasteiger partial charge in [-0.05, 0) is 41.9 Å². The van der Waals surface area contributed by atoms with Gasteiger partial charge in [0.25, 0.3) is 0 Å². The van der Waals surface area contributed by atoms with Crippen molar-refractivity contribution < 1.29 is 4.74 Å². The van der Waals surface area contributed by atoms with E-state index < -0.39 is 0 Å². The van der Waals surface area contributed by atoms with E-state index in [1.807, 2.05) is 0 Å². The van der Waals surface area contributed by atoms with Gasteiger partial charge in [0.1, 0.15) is 5.75 Å². The van der Waals surface area contributed by atoms with E-state index in [4.69, 9.17) is 10.5 Å². The molecule has 18 heavy (non-hydrogen) atoms. The molecule has 0 aromatic heterocycles. The number of aryl methyl sites for hydroxylation is 1. The van der Waals surface area contributed by atoms with Gasteiger partial charge < -0.3 is 10.5 Å². The van der Waals surface area contributed by atoms with Crippen molar-refractivity contribution in [3.8, 4) is 5.75 Å². The Hall–Kier alpha value is -1.02. The van der Waals surface area contributed by atoms with Crippen LogP contribution in [0.2, 0.25) is 0 Å². The van der Waals surface area contributed by atoms with Gasteiger partial charge in [-0.1, -0.05) is 39.8 Å². The zero-order valence-electron chi connectivity index (χ0n) is 12.4. The van der Waals surface area contributed by atoms with E-state index in [1.165, 1.54) is 11.1 Å². The van der Waals surface area contributed by atoms with Gasteiger partial charge in [-0.2, -0.15) is 0 Å². The SMILES string of the molecule is CCC(N)CCc1cc(C(C)(C)C)ccc1OC. The van der Waals surface area contributed by atoms with E-state index in [1.54, 1.807) is 7.11 Å².